The molecule has 1 unspecified atom stereocenters. The van der Waals surface area contributed by atoms with E-state index in [1.165, 1.54) is 5.39 Å². The van der Waals surface area contributed by atoms with E-state index in [9.17, 15) is 4.79 Å². The molecule has 3 aromatic carbocycles. The highest BCUT2D eigenvalue weighted by molar-refractivity contribution is 9.10. The van der Waals surface area contributed by atoms with Crippen molar-refractivity contribution in [1.82, 2.24) is 5.32 Å². The summed E-state index contributed by atoms with van der Waals surface area (Å²) in [6.45, 7) is 2.23. The molecule has 0 radical (unpaired) electrons. The number of amides is 1. The second-order valence-corrected chi connectivity index (χ2v) is 6.49. The number of hydrogen-bond acceptors (Lipinski definition) is 2. The van der Waals surface area contributed by atoms with Gasteiger partial charge in [-0.25, -0.2) is 0 Å². The lowest BCUT2D eigenvalue weighted by atomic mass is 10.0. The average Bonchev–Trinajstić information content (AvgIpc) is 2.61. The number of carbonyl (C=O) groups is 1. The molecule has 0 fully saturated rings. The van der Waals surface area contributed by atoms with Gasteiger partial charge in [-0.2, -0.15) is 0 Å². The van der Waals surface area contributed by atoms with Crippen molar-refractivity contribution in [2.75, 3.05) is 0 Å². The molecule has 3 aromatic rings. The third-order valence-corrected chi connectivity index (χ3v) is 4.36. The molecule has 0 saturated carbocycles. The van der Waals surface area contributed by atoms with Gasteiger partial charge in [0.25, 0.3) is 5.91 Å². The van der Waals surface area contributed by atoms with E-state index in [2.05, 4.69) is 39.4 Å². The summed E-state index contributed by atoms with van der Waals surface area (Å²) in [5, 5.41) is 5.27. The van der Waals surface area contributed by atoms with Crippen LogP contribution < -0.4 is 10.1 Å². The van der Waals surface area contributed by atoms with Crippen molar-refractivity contribution in [2.45, 2.75) is 19.6 Å². The number of hydrogen-bond donors (Lipinski definition) is 1. The highest BCUT2D eigenvalue weighted by Gasteiger charge is 2.14. The van der Waals surface area contributed by atoms with E-state index < -0.39 is 6.10 Å². The number of benzene rings is 3. The first kappa shape index (κ1) is 16.5. The van der Waals surface area contributed by atoms with Gasteiger partial charge in [-0.15, -0.1) is 0 Å². The molecule has 0 saturated heterocycles. The summed E-state index contributed by atoms with van der Waals surface area (Å²) in [5.74, 6) is 0.539. The van der Waals surface area contributed by atoms with E-state index in [0.717, 1.165) is 15.4 Å². The van der Waals surface area contributed by atoms with Gasteiger partial charge >= 0.3 is 0 Å². The number of carbonyl (C=O) groups excluding carboxylic acids is 1. The minimum Gasteiger partial charge on any atom is -0.481 e. The van der Waals surface area contributed by atoms with Crippen LogP contribution in [0.1, 0.15) is 12.5 Å². The Bertz CT molecular complexity index is 840. The van der Waals surface area contributed by atoms with Crippen molar-refractivity contribution in [3.8, 4) is 5.75 Å². The maximum absolute atomic E-state index is 12.3. The summed E-state index contributed by atoms with van der Waals surface area (Å²) >= 11 is 3.38. The van der Waals surface area contributed by atoms with Gasteiger partial charge in [0.05, 0.1) is 0 Å². The summed E-state index contributed by atoms with van der Waals surface area (Å²) in [5.41, 5.74) is 1.09. The predicted molar refractivity (Wildman–Crippen MR) is 100 cm³/mol. The van der Waals surface area contributed by atoms with Crippen LogP contribution in [0, 0.1) is 0 Å². The average molecular weight is 384 g/mol. The molecule has 122 valence electrons. The highest BCUT2D eigenvalue weighted by atomic mass is 79.9. The molecular formula is C20H18BrNO2. The van der Waals surface area contributed by atoms with Crippen LogP contribution >= 0.6 is 15.9 Å². The van der Waals surface area contributed by atoms with Crippen molar-refractivity contribution < 1.29 is 9.53 Å². The third-order valence-electron chi connectivity index (χ3n) is 3.83. The van der Waals surface area contributed by atoms with Gasteiger partial charge in [-0.1, -0.05) is 58.4 Å². The largest absolute Gasteiger partial charge is 0.481 e. The lowest BCUT2D eigenvalue weighted by molar-refractivity contribution is -0.127. The summed E-state index contributed by atoms with van der Waals surface area (Å²) < 4.78 is 6.65. The Kier molecular flexibility index (Phi) is 5.16. The molecule has 24 heavy (non-hydrogen) atoms. The summed E-state index contributed by atoms with van der Waals surface area (Å²) in [6, 6.07) is 21.7. The molecule has 0 bridgehead atoms. The monoisotopic (exact) mass is 383 g/mol. The first-order chi connectivity index (χ1) is 11.6. The van der Waals surface area contributed by atoms with E-state index in [1.807, 2.05) is 48.5 Å². The molecule has 3 rings (SSSR count). The smallest absolute Gasteiger partial charge is 0.261 e. The predicted octanol–water partition coefficient (Wildman–Crippen LogP) is 4.69. The lowest BCUT2D eigenvalue weighted by Gasteiger charge is -2.15. The molecule has 1 N–H and O–H groups in total. The normalized spacial score (nSPS) is 11.9. The maximum atomic E-state index is 12.3. The van der Waals surface area contributed by atoms with E-state index >= 15 is 0 Å². The van der Waals surface area contributed by atoms with Gasteiger partial charge in [-0.3, -0.25) is 4.79 Å². The standard InChI is InChI=1S/C20H18BrNO2/c1-14(24-18-11-9-17(21)10-12-18)20(23)22-13-16-7-4-6-15-5-2-3-8-19(15)16/h2-12,14H,13H2,1H3,(H,22,23). The van der Waals surface area contributed by atoms with Crippen LogP contribution in [-0.2, 0) is 11.3 Å². The Hall–Kier alpha value is -2.33. The number of ether oxygens (including phenoxy) is 1. The fourth-order valence-electron chi connectivity index (χ4n) is 2.54. The van der Waals surface area contributed by atoms with Crippen LogP contribution in [0.2, 0.25) is 0 Å². The zero-order valence-electron chi connectivity index (χ0n) is 13.3. The zero-order chi connectivity index (χ0) is 16.9. The number of rotatable bonds is 5. The van der Waals surface area contributed by atoms with Crippen LogP contribution in [-0.4, -0.2) is 12.0 Å². The fraction of sp³-hybridized carbons (Fsp3) is 0.150. The van der Waals surface area contributed by atoms with Gasteiger partial charge in [0, 0.05) is 11.0 Å². The molecule has 0 aliphatic rings. The number of halogens is 1. The Morgan fingerprint density at radius 1 is 1.04 bits per heavy atom. The summed E-state index contributed by atoms with van der Waals surface area (Å²) in [6.07, 6.45) is -0.554. The van der Waals surface area contributed by atoms with Crippen LogP contribution in [0.25, 0.3) is 10.8 Å². The molecule has 1 amide bonds. The van der Waals surface area contributed by atoms with E-state index in [1.54, 1.807) is 6.92 Å². The van der Waals surface area contributed by atoms with Crippen molar-refractivity contribution in [3.63, 3.8) is 0 Å². The second kappa shape index (κ2) is 7.49. The Morgan fingerprint density at radius 3 is 2.54 bits per heavy atom. The fourth-order valence-corrected chi connectivity index (χ4v) is 2.81. The zero-order valence-corrected chi connectivity index (χ0v) is 14.9. The summed E-state index contributed by atoms with van der Waals surface area (Å²) in [7, 11) is 0. The van der Waals surface area contributed by atoms with Crippen LogP contribution in [0.15, 0.2) is 71.2 Å². The second-order valence-electron chi connectivity index (χ2n) is 5.57. The quantitative estimate of drug-likeness (QED) is 0.693. The lowest BCUT2D eigenvalue weighted by Crippen LogP contribution is -2.35. The summed E-state index contributed by atoms with van der Waals surface area (Å²) in [4.78, 5) is 12.3. The molecule has 0 aliphatic carbocycles. The highest BCUT2D eigenvalue weighted by Crippen LogP contribution is 2.19. The van der Waals surface area contributed by atoms with Crippen molar-refractivity contribution in [2.24, 2.45) is 0 Å². The molecule has 0 aliphatic heterocycles. The van der Waals surface area contributed by atoms with Crippen molar-refractivity contribution in [1.29, 1.82) is 0 Å². The van der Waals surface area contributed by atoms with Crippen molar-refractivity contribution in [3.05, 3.63) is 76.8 Å². The number of fused-ring (bicyclic) bond motifs is 1. The van der Waals surface area contributed by atoms with Gasteiger partial charge in [0.15, 0.2) is 6.10 Å². The SMILES string of the molecule is CC(Oc1ccc(Br)cc1)C(=O)NCc1cccc2ccccc12. The van der Waals surface area contributed by atoms with Crippen LogP contribution in [0.4, 0.5) is 0 Å². The van der Waals surface area contributed by atoms with Gasteiger partial charge < -0.3 is 10.1 Å². The maximum Gasteiger partial charge on any atom is 0.261 e. The molecule has 4 heteroatoms. The van der Waals surface area contributed by atoms with Gasteiger partial charge in [0.2, 0.25) is 0 Å². The van der Waals surface area contributed by atoms with E-state index in [-0.39, 0.29) is 5.91 Å². The Balaban J connectivity index is 1.63. The molecule has 0 spiro atoms. The molecular weight excluding hydrogens is 366 g/mol. The van der Waals surface area contributed by atoms with Crippen LogP contribution in [0.5, 0.6) is 5.75 Å². The molecule has 0 heterocycles. The minimum atomic E-state index is -0.554. The van der Waals surface area contributed by atoms with Gasteiger partial charge in [0.1, 0.15) is 5.75 Å². The van der Waals surface area contributed by atoms with Crippen LogP contribution in [0.3, 0.4) is 0 Å². The van der Waals surface area contributed by atoms with E-state index in [4.69, 9.17) is 4.74 Å². The topological polar surface area (TPSA) is 38.3 Å². The molecule has 0 aromatic heterocycles. The Morgan fingerprint density at radius 2 is 1.75 bits per heavy atom. The molecule has 3 nitrogen and oxygen atoms in total. The first-order valence-corrected chi connectivity index (χ1v) is 8.59. The van der Waals surface area contributed by atoms with E-state index in [0.29, 0.717) is 12.3 Å². The minimum absolute atomic E-state index is 0.133. The molecule has 1 atom stereocenters. The first-order valence-electron chi connectivity index (χ1n) is 7.80. The van der Waals surface area contributed by atoms with Crippen molar-refractivity contribution >= 4 is 32.6 Å². The number of nitrogens with one attached hydrogen (secondary N) is 1. The van der Waals surface area contributed by atoms with Gasteiger partial charge in [-0.05, 0) is 47.5 Å². The Labute approximate surface area is 149 Å². The third kappa shape index (κ3) is 3.95.